The molecule has 0 N–H and O–H groups in total. The second-order valence-electron chi connectivity index (χ2n) is 4.96. The zero-order valence-electron chi connectivity index (χ0n) is 10.9. The van der Waals surface area contributed by atoms with Crippen molar-refractivity contribution < 1.29 is 0 Å². The molecule has 0 bridgehead atoms. The zero-order valence-corrected chi connectivity index (χ0v) is 12.8. The van der Waals surface area contributed by atoms with Crippen LogP contribution in [0.2, 0.25) is 6.55 Å². The van der Waals surface area contributed by atoms with Gasteiger partial charge in [0.15, 0.2) is 7.22 Å². The highest BCUT2D eigenvalue weighted by Crippen LogP contribution is 2.17. The van der Waals surface area contributed by atoms with E-state index in [9.17, 15) is 0 Å². The van der Waals surface area contributed by atoms with Gasteiger partial charge in [-0.1, -0.05) is 79.3 Å². The fraction of sp³-hybridized carbons (Fsp3) is 0.0588. The molecule has 0 aliphatic carbocycles. The van der Waals surface area contributed by atoms with Gasteiger partial charge in [-0.15, -0.1) is 0 Å². The summed E-state index contributed by atoms with van der Waals surface area (Å²) in [5.41, 5.74) is 0. The van der Waals surface area contributed by atoms with Gasteiger partial charge in [-0.05, 0) is 21.1 Å². The monoisotopic (exact) mass is 280 g/mol. The number of fused-ring (bicyclic) bond motifs is 1. The van der Waals surface area contributed by atoms with Crippen molar-refractivity contribution in [2.75, 3.05) is 0 Å². The molecule has 0 aromatic heterocycles. The highest BCUT2D eigenvalue weighted by molar-refractivity contribution is 8.18. The Balaban J connectivity index is 2.24. The lowest BCUT2D eigenvalue weighted by molar-refractivity contribution is 1.73. The number of hydrogen-bond acceptors (Lipinski definition) is 1. The second kappa shape index (κ2) is 4.87. The minimum absolute atomic E-state index is 1.30. The third-order valence-electron chi connectivity index (χ3n) is 3.65. The van der Waals surface area contributed by atoms with Crippen molar-refractivity contribution >= 4 is 40.4 Å². The molecule has 0 unspecified atom stereocenters. The molecular formula is C17H16SSi. The van der Waals surface area contributed by atoms with Crippen molar-refractivity contribution in [3.63, 3.8) is 0 Å². The standard InChI is InChI=1S/C17H16SSi/c1-19(18,15-10-3-2-4-11-15)17-13-7-9-14-8-5-6-12-16(14)17/h2-13,18H,1H3/t19-/m1/s1. The van der Waals surface area contributed by atoms with Crippen LogP contribution >= 0.6 is 12.1 Å². The summed E-state index contributed by atoms with van der Waals surface area (Å²) < 4.78 is 0. The van der Waals surface area contributed by atoms with Crippen molar-refractivity contribution in [3.8, 4) is 0 Å². The van der Waals surface area contributed by atoms with E-state index in [1.54, 1.807) is 0 Å². The summed E-state index contributed by atoms with van der Waals surface area (Å²) in [5.74, 6) is 0. The van der Waals surface area contributed by atoms with E-state index in [2.05, 4.69) is 79.3 Å². The second-order valence-corrected chi connectivity index (χ2v) is 10.9. The molecule has 3 aromatic rings. The molecule has 3 aromatic carbocycles. The molecule has 94 valence electrons. The van der Waals surface area contributed by atoms with Crippen LogP contribution in [0.15, 0.2) is 72.8 Å². The first-order valence-corrected chi connectivity index (χ1v) is 10.2. The van der Waals surface area contributed by atoms with Crippen molar-refractivity contribution in [1.29, 1.82) is 0 Å². The van der Waals surface area contributed by atoms with Crippen LogP contribution < -0.4 is 10.4 Å². The smallest absolute Gasteiger partial charge is 0.172 e. The fourth-order valence-corrected chi connectivity index (χ4v) is 5.93. The molecule has 3 rings (SSSR count). The quantitative estimate of drug-likeness (QED) is 0.539. The summed E-state index contributed by atoms with van der Waals surface area (Å²) in [4.78, 5) is 0. The molecule has 0 spiro atoms. The molecular weight excluding hydrogens is 264 g/mol. The summed E-state index contributed by atoms with van der Waals surface area (Å²) in [6, 6.07) is 25.8. The van der Waals surface area contributed by atoms with Crippen LogP contribution in [0, 0.1) is 0 Å². The third kappa shape index (κ3) is 2.22. The average molecular weight is 280 g/mol. The van der Waals surface area contributed by atoms with Gasteiger partial charge in [0, 0.05) is 0 Å². The number of rotatable bonds is 2. The highest BCUT2D eigenvalue weighted by Gasteiger charge is 2.28. The largest absolute Gasteiger partial charge is 0.191 e. The Morgan fingerprint density at radius 3 is 2.16 bits per heavy atom. The predicted molar refractivity (Wildman–Crippen MR) is 90.3 cm³/mol. The van der Waals surface area contributed by atoms with Gasteiger partial charge in [0.25, 0.3) is 0 Å². The summed E-state index contributed by atoms with van der Waals surface area (Å²) >= 11 is 5.08. The summed E-state index contributed by atoms with van der Waals surface area (Å²) in [6.45, 7) is 2.30. The maximum absolute atomic E-state index is 5.08. The average Bonchev–Trinajstić information content (AvgIpc) is 2.47. The molecule has 0 amide bonds. The molecule has 2 heteroatoms. The van der Waals surface area contributed by atoms with Gasteiger partial charge in [0.05, 0.1) is 0 Å². The zero-order chi connectivity index (χ0) is 13.3. The SMILES string of the molecule is C[Si@@](S)(c1ccccc1)c1cccc2ccccc12. The van der Waals surface area contributed by atoms with E-state index in [-0.39, 0.29) is 0 Å². The van der Waals surface area contributed by atoms with Crippen LogP contribution in [0.25, 0.3) is 10.8 Å². The van der Waals surface area contributed by atoms with Crippen LogP contribution in [-0.2, 0) is 0 Å². The Kier molecular flexibility index (Phi) is 3.21. The molecule has 0 aliphatic heterocycles. The lowest BCUT2D eigenvalue weighted by Crippen LogP contribution is -2.51. The molecule has 0 nitrogen and oxygen atoms in total. The fourth-order valence-electron chi connectivity index (χ4n) is 2.57. The number of hydrogen-bond donors (Lipinski definition) is 1. The molecule has 19 heavy (non-hydrogen) atoms. The van der Waals surface area contributed by atoms with E-state index in [0.29, 0.717) is 0 Å². The van der Waals surface area contributed by atoms with Crippen molar-refractivity contribution in [3.05, 3.63) is 72.8 Å². The van der Waals surface area contributed by atoms with Gasteiger partial charge < -0.3 is 0 Å². The first kappa shape index (κ1) is 12.5. The van der Waals surface area contributed by atoms with E-state index in [0.717, 1.165) is 0 Å². The van der Waals surface area contributed by atoms with Crippen LogP contribution in [0.1, 0.15) is 0 Å². The molecule has 1 atom stereocenters. The maximum Gasteiger partial charge on any atom is 0.172 e. The Bertz CT molecular complexity index is 699. The Hall–Kier alpha value is -1.51. The first-order chi connectivity index (χ1) is 9.19. The predicted octanol–water partition coefficient (Wildman–Crippen LogP) is 3.46. The first-order valence-electron chi connectivity index (χ1n) is 6.46. The van der Waals surface area contributed by atoms with E-state index in [1.807, 2.05) is 0 Å². The van der Waals surface area contributed by atoms with Gasteiger partial charge >= 0.3 is 0 Å². The van der Waals surface area contributed by atoms with Crippen LogP contribution in [0.3, 0.4) is 0 Å². The van der Waals surface area contributed by atoms with Crippen molar-refractivity contribution in [1.82, 2.24) is 0 Å². The highest BCUT2D eigenvalue weighted by atomic mass is 32.3. The molecule has 0 saturated carbocycles. The molecule has 0 heterocycles. The van der Waals surface area contributed by atoms with Gasteiger partial charge in [0.1, 0.15) is 0 Å². The van der Waals surface area contributed by atoms with Gasteiger partial charge in [-0.2, -0.15) is 12.1 Å². The molecule has 0 fully saturated rings. The van der Waals surface area contributed by atoms with Crippen molar-refractivity contribution in [2.24, 2.45) is 0 Å². The third-order valence-corrected chi connectivity index (χ3v) is 8.09. The molecule has 0 radical (unpaired) electrons. The Labute approximate surface area is 120 Å². The lowest BCUT2D eigenvalue weighted by atomic mass is 10.1. The van der Waals surface area contributed by atoms with Gasteiger partial charge in [-0.3, -0.25) is 0 Å². The van der Waals surface area contributed by atoms with E-state index < -0.39 is 7.22 Å². The molecule has 0 saturated heterocycles. The van der Waals surface area contributed by atoms with E-state index >= 15 is 0 Å². The normalized spacial score (nSPS) is 14.2. The summed E-state index contributed by atoms with van der Waals surface area (Å²) in [6.07, 6.45) is 0. The van der Waals surface area contributed by atoms with Gasteiger partial charge in [0.2, 0.25) is 0 Å². The van der Waals surface area contributed by atoms with Crippen LogP contribution in [0.4, 0.5) is 0 Å². The maximum atomic E-state index is 5.08. The number of thiol groups is 1. The Morgan fingerprint density at radius 1 is 0.737 bits per heavy atom. The molecule has 0 aliphatic rings. The van der Waals surface area contributed by atoms with Crippen molar-refractivity contribution in [2.45, 2.75) is 6.55 Å². The Morgan fingerprint density at radius 2 is 1.37 bits per heavy atom. The lowest BCUT2D eigenvalue weighted by Gasteiger charge is -2.24. The minimum atomic E-state index is -1.93. The number of benzene rings is 3. The topological polar surface area (TPSA) is 0 Å². The van der Waals surface area contributed by atoms with Gasteiger partial charge in [-0.25, -0.2) is 0 Å². The minimum Gasteiger partial charge on any atom is -0.191 e. The summed E-state index contributed by atoms with van der Waals surface area (Å²) in [5, 5.41) is 5.37. The van der Waals surface area contributed by atoms with E-state index in [1.165, 1.54) is 21.1 Å². The van der Waals surface area contributed by atoms with Crippen LogP contribution in [0.5, 0.6) is 0 Å². The summed E-state index contributed by atoms with van der Waals surface area (Å²) in [7, 11) is -1.93. The van der Waals surface area contributed by atoms with E-state index in [4.69, 9.17) is 12.1 Å². The van der Waals surface area contributed by atoms with Crippen LogP contribution in [-0.4, -0.2) is 7.22 Å².